The van der Waals surface area contributed by atoms with Gasteiger partial charge in [-0.05, 0) is 48.2 Å². The molecule has 1 aliphatic heterocycles. The van der Waals surface area contributed by atoms with Crippen molar-refractivity contribution in [3.05, 3.63) is 54.0 Å². The number of amides is 1. The molecule has 2 aromatic heterocycles. The Morgan fingerprint density at radius 1 is 1.12 bits per heavy atom. The number of carbonyl (C=O) groups excluding carboxylic acids is 1. The molecule has 2 aromatic rings. The van der Waals surface area contributed by atoms with Gasteiger partial charge in [0.2, 0.25) is 5.91 Å². The average Bonchev–Trinajstić information content (AvgIpc) is 2.72. The zero-order valence-corrected chi connectivity index (χ0v) is 15.3. The lowest BCUT2D eigenvalue weighted by Crippen LogP contribution is -2.36. The molecule has 0 saturated carbocycles. The van der Waals surface area contributed by atoms with Gasteiger partial charge in [-0.15, -0.1) is 0 Å². The largest absolute Gasteiger partial charge is 0.378 e. The molecule has 26 heavy (non-hydrogen) atoms. The summed E-state index contributed by atoms with van der Waals surface area (Å²) in [6.07, 6.45) is 7.50. The minimum absolute atomic E-state index is 0.170. The van der Waals surface area contributed by atoms with Crippen molar-refractivity contribution in [3.8, 4) is 0 Å². The van der Waals surface area contributed by atoms with Gasteiger partial charge in [0.25, 0.3) is 0 Å². The maximum absolute atomic E-state index is 12.4. The van der Waals surface area contributed by atoms with Crippen molar-refractivity contribution in [1.29, 1.82) is 0 Å². The van der Waals surface area contributed by atoms with Crippen LogP contribution < -0.4 is 4.90 Å². The predicted molar refractivity (Wildman–Crippen MR) is 101 cm³/mol. The Kier molecular flexibility index (Phi) is 6.55. The number of pyridine rings is 2. The summed E-state index contributed by atoms with van der Waals surface area (Å²) in [5.41, 5.74) is 2.35. The van der Waals surface area contributed by atoms with Crippen molar-refractivity contribution in [1.82, 2.24) is 14.9 Å². The molecule has 138 valence electrons. The number of carbonyl (C=O) groups is 1. The Labute approximate surface area is 154 Å². The fraction of sp³-hybridized carbons (Fsp3) is 0.450. The van der Waals surface area contributed by atoms with Gasteiger partial charge in [-0.1, -0.05) is 0 Å². The molecule has 0 spiro atoms. The summed E-state index contributed by atoms with van der Waals surface area (Å²) in [5.74, 6) is 1.15. The summed E-state index contributed by atoms with van der Waals surface area (Å²) >= 11 is 0. The molecular formula is C20H26N4O2. The molecular weight excluding hydrogens is 328 g/mol. The highest BCUT2D eigenvalue weighted by Gasteiger charge is 2.13. The second-order valence-electron chi connectivity index (χ2n) is 6.54. The van der Waals surface area contributed by atoms with E-state index in [0.717, 1.165) is 57.1 Å². The predicted octanol–water partition coefficient (Wildman–Crippen LogP) is 1.95. The fourth-order valence-corrected chi connectivity index (χ4v) is 2.99. The van der Waals surface area contributed by atoms with Crippen LogP contribution in [-0.4, -0.2) is 60.7 Å². The van der Waals surface area contributed by atoms with Crippen LogP contribution in [0.2, 0.25) is 0 Å². The molecule has 1 fully saturated rings. The van der Waals surface area contributed by atoms with Crippen LogP contribution in [0.4, 0.5) is 5.82 Å². The number of morpholine rings is 1. The van der Waals surface area contributed by atoms with Crippen LogP contribution in [-0.2, 0) is 22.4 Å². The summed E-state index contributed by atoms with van der Waals surface area (Å²) < 4.78 is 5.39. The van der Waals surface area contributed by atoms with E-state index in [-0.39, 0.29) is 5.91 Å². The highest BCUT2D eigenvalue weighted by atomic mass is 16.5. The van der Waals surface area contributed by atoms with Crippen molar-refractivity contribution in [2.75, 3.05) is 44.8 Å². The van der Waals surface area contributed by atoms with Crippen LogP contribution in [0.25, 0.3) is 0 Å². The van der Waals surface area contributed by atoms with Crippen molar-refractivity contribution in [2.45, 2.75) is 19.3 Å². The smallest absolute Gasteiger partial charge is 0.222 e. The molecule has 3 rings (SSSR count). The lowest BCUT2D eigenvalue weighted by molar-refractivity contribution is -0.129. The molecule has 3 heterocycles. The monoisotopic (exact) mass is 354 g/mol. The third kappa shape index (κ3) is 5.26. The summed E-state index contributed by atoms with van der Waals surface area (Å²) in [6, 6.07) is 8.06. The van der Waals surface area contributed by atoms with Gasteiger partial charge in [0.1, 0.15) is 5.82 Å². The van der Waals surface area contributed by atoms with Gasteiger partial charge in [0.05, 0.1) is 13.2 Å². The van der Waals surface area contributed by atoms with Crippen LogP contribution in [0.3, 0.4) is 0 Å². The van der Waals surface area contributed by atoms with Gasteiger partial charge in [-0.3, -0.25) is 9.78 Å². The van der Waals surface area contributed by atoms with Gasteiger partial charge < -0.3 is 14.5 Å². The quantitative estimate of drug-likeness (QED) is 0.761. The van der Waals surface area contributed by atoms with Crippen LogP contribution in [0.1, 0.15) is 17.5 Å². The first-order valence-corrected chi connectivity index (χ1v) is 9.13. The Morgan fingerprint density at radius 2 is 1.85 bits per heavy atom. The normalized spacial score (nSPS) is 14.3. The van der Waals surface area contributed by atoms with Gasteiger partial charge in [-0.2, -0.15) is 0 Å². The van der Waals surface area contributed by atoms with Crippen LogP contribution in [0.15, 0.2) is 42.9 Å². The average molecular weight is 354 g/mol. The highest BCUT2D eigenvalue weighted by molar-refractivity contribution is 5.76. The Morgan fingerprint density at radius 3 is 2.62 bits per heavy atom. The molecule has 0 unspecified atom stereocenters. The zero-order valence-electron chi connectivity index (χ0n) is 15.3. The number of ether oxygens (including phenoxy) is 1. The topological polar surface area (TPSA) is 58.6 Å². The maximum Gasteiger partial charge on any atom is 0.222 e. The number of hydrogen-bond acceptors (Lipinski definition) is 5. The van der Waals surface area contributed by atoms with E-state index in [9.17, 15) is 4.79 Å². The van der Waals surface area contributed by atoms with E-state index >= 15 is 0 Å². The third-order valence-corrected chi connectivity index (χ3v) is 4.68. The van der Waals surface area contributed by atoms with Crippen LogP contribution in [0.5, 0.6) is 0 Å². The first kappa shape index (κ1) is 18.3. The number of aryl methyl sites for hydroxylation is 1. The zero-order chi connectivity index (χ0) is 18.2. The summed E-state index contributed by atoms with van der Waals surface area (Å²) in [7, 11) is 1.87. The number of nitrogens with zero attached hydrogens (tertiary/aromatic N) is 4. The van der Waals surface area contributed by atoms with Crippen molar-refractivity contribution in [2.24, 2.45) is 0 Å². The molecule has 0 N–H and O–H groups in total. The van der Waals surface area contributed by atoms with E-state index < -0.39 is 0 Å². The molecule has 1 saturated heterocycles. The Bertz CT molecular complexity index is 702. The minimum Gasteiger partial charge on any atom is -0.378 e. The van der Waals surface area contributed by atoms with Gasteiger partial charge in [0.15, 0.2) is 0 Å². The van der Waals surface area contributed by atoms with Crippen molar-refractivity contribution >= 4 is 11.7 Å². The Balaban J connectivity index is 1.47. The number of aromatic nitrogens is 2. The van der Waals surface area contributed by atoms with E-state index in [0.29, 0.717) is 6.42 Å². The minimum atomic E-state index is 0.170. The molecule has 0 atom stereocenters. The second-order valence-corrected chi connectivity index (χ2v) is 6.54. The van der Waals surface area contributed by atoms with E-state index in [1.807, 2.05) is 36.3 Å². The molecule has 1 amide bonds. The first-order valence-electron chi connectivity index (χ1n) is 9.13. The number of anilines is 1. The maximum atomic E-state index is 12.4. The first-order chi connectivity index (χ1) is 12.7. The van der Waals surface area contributed by atoms with Crippen LogP contribution >= 0.6 is 0 Å². The highest BCUT2D eigenvalue weighted by Crippen LogP contribution is 2.15. The number of likely N-dealkylation sites (N-methyl/N-ethyl adjacent to an activating group) is 1. The van der Waals surface area contributed by atoms with E-state index in [4.69, 9.17) is 4.74 Å². The van der Waals surface area contributed by atoms with Crippen molar-refractivity contribution < 1.29 is 9.53 Å². The summed E-state index contributed by atoms with van der Waals surface area (Å²) in [6.45, 7) is 3.94. The van der Waals surface area contributed by atoms with Gasteiger partial charge in [-0.25, -0.2) is 4.98 Å². The second kappa shape index (κ2) is 9.29. The van der Waals surface area contributed by atoms with Gasteiger partial charge >= 0.3 is 0 Å². The molecule has 6 heteroatoms. The van der Waals surface area contributed by atoms with Crippen molar-refractivity contribution in [3.63, 3.8) is 0 Å². The SMILES string of the molecule is CN(CCc1ccncc1)C(=O)CCc1ccnc(N2CCOCC2)c1. The lowest BCUT2D eigenvalue weighted by Gasteiger charge is -2.28. The molecule has 0 aromatic carbocycles. The van der Waals surface area contributed by atoms with E-state index in [1.54, 1.807) is 12.4 Å². The number of hydrogen-bond donors (Lipinski definition) is 0. The van der Waals surface area contributed by atoms with Crippen LogP contribution in [0, 0.1) is 0 Å². The molecule has 0 radical (unpaired) electrons. The standard InChI is InChI=1S/C20H26N4O2/c1-23(11-7-17-4-8-21-9-5-17)20(25)3-2-18-6-10-22-19(16-18)24-12-14-26-15-13-24/h4-6,8-10,16H,2-3,7,11-15H2,1H3. The summed E-state index contributed by atoms with van der Waals surface area (Å²) in [4.78, 5) is 24.9. The lowest BCUT2D eigenvalue weighted by atomic mass is 10.1. The van der Waals surface area contributed by atoms with E-state index in [1.165, 1.54) is 5.56 Å². The van der Waals surface area contributed by atoms with E-state index in [2.05, 4.69) is 20.9 Å². The summed E-state index contributed by atoms with van der Waals surface area (Å²) in [5, 5.41) is 0. The van der Waals surface area contributed by atoms with Gasteiger partial charge in [0, 0.05) is 51.7 Å². The molecule has 0 aliphatic carbocycles. The molecule has 0 bridgehead atoms. The molecule has 1 aliphatic rings. The fourth-order valence-electron chi connectivity index (χ4n) is 2.99. The third-order valence-electron chi connectivity index (χ3n) is 4.68. The molecule has 6 nitrogen and oxygen atoms in total. The number of rotatable bonds is 7. The Hall–Kier alpha value is -2.47.